The van der Waals surface area contributed by atoms with E-state index in [9.17, 15) is 4.79 Å². The van der Waals surface area contributed by atoms with Gasteiger partial charge in [0, 0.05) is 20.8 Å². The molecule has 3 aromatic rings. The van der Waals surface area contributed by atoms with Crippen LogP contribution in [0.15, 0.2) is 36.4 Å². The molecule has 0 amide bonds. The molecule has 0 unspecified atom stereocenters. The molecule has 4 rings (SSSR count). The number of carbonyl (C=O) groups excluding carboxylic acids is 1. The van der Waals surface area contributed by atoms with Crippen LogP contribution in [0.3, 0.4) is 0 Å². The average Bonchev–Trinajstić information content (AvgIpc) is 3.00. The number of pyridine rings is 1. The van der Waals surface area contributed by atoms with Crippen molar-refractivity contribution in [2.45, 2.75) is 6.92 Å². The Hall–Kier alpha value is -2.24. The number of nitrogens with one attached hydrogen (secondary N) is 1. The van der Waals surface area contributed by atoms with Crippen LogP contribution in [0.4, 0.5) is 0 Å². The first-order valence-electron chi connectivity index (χ1n) is 6.78. The number of ether oxygens (including phenoxy) is 1. The van der Waals surface area contributed by atoms with E-state index in [0.29, 0.717) is 16.0 Å². The molecule has 1 aliphatic heterocycles. The minimum absolute atomic E-state index is 0.386. The lowest BCUT2D eigenvalue weighted by atomic mass is 10.1. The van der Waals surface area contributed by atoms with Gasteiger partial charge in [0.05, 0.1) is 0 Å². The maximum Gasteiger partial charge on any atom is 0.347 e. The zero-order valence-corrected chi connectivity index (χ0v) is 13.3. The van der Waals surface area contributed by atoms with Crippen LogP contribution in [0.5, 0.6) is 0 Å². The summed E-state index contributed by atoms with van der Waals surface area (Å²) in [6.45, 7) is 1.91. The van der Waals surface area contributed by atoms with E-state index in [0.717, 1.165) is 16.1 Å². The summed E-state index contributed by atoms with van der Waals surface area (Å²) in [4.78, 5) is 16.1. The maximum atomic E-state index is 12.0. The fourth-order valence-corrected chi connectivity index (χ4v) is 3.95. The first-order valence-corrected chi connectivity index (χ1v) is 8.01. The number of cyclic esters (lactones) is 1. The molecule has 2 aromatic heterocycles. The molecule has 0 fully saturated rings. The SMILES string of the molecule is Cc1cc2c(c(=S)[nH]1)C(=O)O/C2=C\c1cc2ccccc2s1. The molecule has 22 heavy (non-hydrogen) atoms. The van der Waals surface area contributed by atoms with Crippen LogP contribution in [0, 0.1) is 11.6 Å². The smallest absolute Gasteiger partial charge is 0.347 e. The van der Waals surface area contributed by atoms with Crippen molar-refractivity contribution in [2.75, 3.05) is 0 Å². The molecule has 1 N–H and O–H groups in total. The van der Waals surface area contributed by atoms with E-state index in [1.807, 2.05) is 31.2 Å². The third kappa shape index (κ3) is 2.10. The van der Waals surface area contributed by atoms with Gasteiger partial charge in [-0.15, -0.1) is 11.3 Å². The summed E-state index contributed by atoms with van der Waals surface area (Å²) in [6, 6.07) is 12.2. The molecule has 0 radical (unpaired) electrons. The van der Waals surface area contributed by atoms with E-state index >= 15 is 0 Å². The van der Waals surface area contributed by atoms with Crippen LogP contribution in [-0.4, -0.2) is 11.0 Å². The summed E-state index contributed by atoms with van der Waals surface area (Å²) in [6.07, 6.45) is 1.91. The van der Waals surface area contributed by atoms with Crippen LogP contribution >= 0.6 is 23.6 Å². The molecule has 0 aliphatic carbocycles. The van der Waals surface area contributed by atoms with Gasteiger partial charge in [0.15, 0.2) is 0 Å². The van der Waals surface area contributed by atoms with Gasteiger partial charge in [-0.1, -0.05) is 30.4 Å². The predicted octanol–water partition coefficient (Wildman–Crippen LogP) is 4.94. The number of aromatic amines is 1. The summed E-state index contributed by atoms with van der Waals surface area (Å²) >= 11 is 6.90. The number of aryl methyl sites for hydroxylation is 1. The Morgan fingerprint density at radius 1 is 1.27 bits per heavy atom. The van der Waals surface area contributed by atoms with Gasteiger partial charge in [0.2, 0.25) is 0 Å². The number of hydrogen-bond acceptors (Lipinski definition) is 4. The number of carbonyl (C=O) groups is 1. The zero-order valence-electron chi connectivity index (χ0n) is 11.7. The van der Waals surface area contributed by atoms with E-state index in [1.54, 1.807) is 11.3 Å². The minimum Gasteiger partial charge on any atom is -0.422 e. The van der Waals surface area contributed by atoms with Crippen LogP contribution in [0.1, 0.15) is 26.5 Å². The fraction of sp³-hybridized carbons (Fsp3) is 0.0588. The maximum absolute atomic E-state index is 12.0. The Kier molecular flexibility index (Phi) is 2.99. The van der Waals surface area contributed by atoms with Crippen molar-refractivity contribution in [3.63, 3.8) is 0 Å². The second-order valence-corrected chi connectivity index (χ2v) is 6.68. The molecule has 0 spiro atoms. The van der Waals surface area contributed by atoms with Gasteiger partial charge in [-0.05, 0) is 36.6 Å². The number of fused-ring (bicyclic) bond motifs is 2. The van der Waals surface area contributed by atoms with Crippen LogP contribution in [0.2, 0.25) is 0 Å². The number of hydrogen-bond donors (Lipinski definition) is 1. The molecule has 108 valence electrons. The fourth-order valence-electron chi connectivity index (χ4n) is 2.60. The third-order valence-corrected chi connectivity index (χ3v) is 4.93. The van der Waals surface area contributed by atoms with Gasteiger partial charge < -0.3 is 9.72 Å². The van der Waals surface area contributed by atoms with Crippen LogP contribution in [-0.2, 0) is 4.74 Å². The van der Waals surface area contributed by atoms with E-state index in [2.05, 4.69) is 23.2 Å². The van der Waals surface area contributed by atoms with E-state index in [1.165, 1.54) is 10.1 Å². The largest absolute Gasteiger partial charge is 0.422 e. The second kappa shape index (κ2) is 4.90. The molecule has 0 saturated heterocycles. The Bertz CT molecular complexity index is 978. The number of esters is 1. The van der Waals surface area contributed by atoms with Crippen molar-refractivity contribution in [3.8, 4) is 0 Å². The number of benzene rings is 1. The Balaban J connectivity index is 1.88. The molecule has 0 saturated carbocycles. The summed E-state index contributed by atoms with van der Waals surface area (Å²) in [5.74, 6) is 0.179. The molecule has 3 nitrogen and oxygen atoms in total. The lowest BCUT2D eigenvalue weighted by Gasteiger charge is -1.99. The predicted molar refractivity (Wildman–Crippen MR) is 91.5 cm³/mol. The quantitative estimate of drug-likeness (QED) is 0.509. The van der Waals surface area contributed by atoms with Gasteiger partial charge in [-0.3, -0.25) is 0 Å². The third-order valence-electron chi connectivity index (χ3n) is 3.56. The standard InChI is InChI=1S/C17H11NO2S2/c1-9-6-12-13(20-17(19)15(12)16(21)18-9)8-11-7-10-4-2-3-5-14(10)22-11/h2-8H,1H3,(H,18,21)/b13-8-. The van der Waals surface area contributed by atoms with Gasteiger partial charge in [-0.2, -0.15) is 0 Å². The highest BCUT2D eigenvalue weighted by molar-refractivity contribution is 7.71. The number of rotatable bonds is 1. The molecular weight excluding hydrogens is 314 g/mol. The first-order chi connectivity index (χ1) is 10.6. The molecular formula is C17H11NO2S2. The number of thiophene rings is 1. The first kappa shape index (κ1) is 13.4. The Morgan fingerprint density at radius 2 is 2.09 bits per heavy atom. The molecule has 1 aliphatic rings. The van der Waals surface area contributed by atoms with Crippen molar-refractivity contribution in [1.29, 1.82) is 0 Å². The molecule has 0 atom stereocenters. The van der Waals surface area contributed by atoms with E-state index < -0.39 is 0 Å². The monoisotopic (exact) mass is 325 g/mol. The van der Waals surface area contributed by atoms with Crippen molar-refractivity contribution in [2.24, 2.45) is 0 Å². The Labute approximate surface area is 135 Å². The highest BCUT2D eigenvalue weighted by atomic mass is 32.1. The second-order valence-electron chi connectivity index (χ2n) is 5.15. The van der Waals surface area contributed by atoms with E-state index in [-0.39, 0.29) is 5.97 Å². The molecule has 3 heterocycles. The van der Waals surface area contributed by atoms with Gasteiger partial charge in [0.25, 0.3) is 0 Å². The Morgan fingerprint density at radius 3 is 2.91 bits per heavy atom. The van der Waals surface area contributed by atoms with Gasteiger partial charge in [-0.25, -0.2) is 4.79 Å². The minimum atomic E-state index is -0.386. The summed E-state index contributed by atoms with van der Waals surface area (Å²) in [5.41, 5.74) is 2.13. The highest BCUT2D eigenvalue weighted by Crippen LogP contribution is 2.34. The summed E-state index contributed by atoms with van der Waals surface area (Å²) in [5, 5.41) is 1.19. The van der Waals surface area contributed by atoms with Crippen LogP contribution < -0.4 is 0 Å². The normalized spacial score (nSPS) is 15.3. The molecule has 0 bridgehead atoms. The molecule has 5 heteroatoms. The van der Waals surface area contributed by atoms with Crippen molar-refractivity contribution in [1.82, 2.24) is 4.98 Å². The van der Waals surface area contributed by atoms with Gasteiger partial charge >= 0.3 is 5.97 Å². The zero-order chi connectivity index (χ0) is 15.3. The van der Waals surface area contributed by atoms with Crippen molar-refractivity contribution in [3.05, 3.63) is 62.7 Å². The van der Waals surface area contributed by atoms with Gasteiger partial charge in [0.1, 0.15) is 16.0 Å². The lowest BCUT2D eigenvalue weighted by Crippen LogP contribution is -1.97. The number of H-pyrrole nitrogens is 1. The van der Waals surface area contributed by atoms with Crippen LogP contribution in [0.25, 0.3) is 21.9 Å². The van der Waals surface area contributed by atoms with Crippen molar-refractivity contribution >= 4 is 51.4 Å². The summed E-state index contributed by atoms with van der Waals surface area (Å²) < 4.78 is 7.05. The highest BCUT2D eigenvalue weighted by Gasteiger charge is 2.28. The van der Waals surface area contributed by atoms with E-state index in [4.69, 9.17) is 17.0 Å². The number of aromatic nitrogens is 1. The molecule has 1 aromatic carbocycles. The summed E-state index contributed by atoms with van der Waals surface area (Å²) in [7, 11) is 0. The average molecular weight is 325 g/mol. The van der Waals surface area contributed by atoms with Crippen molar-refractivity contribution < 1.29 is 9.53 Å². The topological polar surface area (TPSA) is 42.1 Å². The lowest BCUT2D eigenvalue weighted by molar-refractivity contribution is 0.0716.